The summed E-state index contributed by atoms with van der Waals surface area (Å²) in [5.74, 6) is 0.219. The number of carbonyl (C=O) groups excluding carboxylic acids is 2. The van der Waals surface area contributed by atoms with Crippen LogP contribution >= 0.6 is 0 Å². The van der Waals surface area contributed by atoms with Gasteiger partial charge in [-0.2, -0.15) is 5.10 Å². The molecule has 0 fully saturated rings. The molecular formula is C20H19N5O2. The second-order valence-corrected chi connectivity index (χ2v) is 6.60. The largest absolute Gasteiger partial charge is 0.344 e. The summed E-state index contributed by atoms with van der Waals surface area (Å²) < 4.78 is 0. The molecule has 1 atom stereocenters. The van der Waals surface area contributed by atoms with Gasteiger partial charge in [-0.25, -0.2) is 9.97 Å². The van der Waals surface area contributed by atoms with Gasteiger partial charge in [0.2, 0.25) is 0 Å². The van der Waals surface area contributed by atoms with Crippen LogP contribution in [0.15, 0.2) is 42.6 Å². The minimum atomic E-state index is -0.292. The highest BCUT2D eigenvalue weighted by Gasteiger charge is 2.25. The number of aromatic nitrogens is 4. The lowest BCUT2D eigenvalue weighted by molar-refractivity contribution is 0.0927. The van der Waals surface area contributed by atoms with Crippen molar-refractivity contribution >= 4 is 11.7 Å². The van der Waals surface area contributed by atoms with Gasteiger partial charge in [-0.05, 0) is 25.3 Å². The van der Waals surface area contributed by atoms with Crippen LogP contribution in [0.25, 0.3) is 11.4 Å². The van der Waals surface area contributed by atoms with E-state index in [4.69, 9.17) is 4.98 Å². The summed E-state index contributed by atoms with van der Waals surface area (Å²) in [5, 5.41) is 9.48. The maximum Gasteiger partial charge on any atom is 0.269 e. The van der Waals surface area contributed by atoms with E-state index in [1.165, 1.54) is 13.0 Å². The Labute approximate surface area is 156 Å². The van der Waals surface area contributed by atoms with Crippen LogP contribution in [0.2, 0.25) is 0 Å². The van der Waals surface area contributed by atoms with E-state index in [9.17, 15) is 9.59 Å². The van der Waals surface area contributed by atoms with Crippen LogP contribution in [0.4, 0.5) is 0 Å². The number of ketones is 1. The Morgan fingerprint density at radius 2 is 2.04 bits per heavy atom. The fourth-order valence-electron chi connectivity index (χ4n) is 3.28. The van der Waals surface area contributed by atoms with Crippen LogP contribution in [0, 0.1) is 0 Å². The summed E-state index contributed by atoms with van der Waals surface area (Å²) in [6.45, 7) is 1.41. The van der Waals surface area contributed by atoms with Gasteiger partial charge in [0, 0.05) is 29.9 Å². The van der Waals surface area contributed by atoms with Gasteiger partial charge in [-0.3, -0.25) is 14.7 Å². The monoisotopic (exact) mass is 361 g/mol. The zero-order valence-corrected chi connectivity index (χ0v) is 14.9. The van der Waals surface area contributed by atoms with Gasteiger partial charge in [0.25, 0.3) is 5.91 Å². The molecule has 0 spiro atoms. The van der Waals surface area contributed by atoms with E-state index in [0.717, 1.165) is 36.1 Å². The highest BCUT2D eigenvalue weighted by atomic mass is 16.2. The molecule has 4 rings (SSSR count). The zero-order chi connectivity index (χ0) is 18.8. The second kappa shape index (κ2) is 7.11. The van der Waals surface area contributed by atoms with E-state index in [-0.39, 0.29) is 29.1 Å². The van der Waals surface area contributed by atoms with Crippen molar-refractivity contribution in [3.05, 3.63) is 65.2 Å². The predicted molar refractivity (Wildman–Crippen MR) is 99.2 cm³/mol. The van der Waals surface area contributed by atoms with Gasteiger partial charge in [0.15, 0.2) is 11.6 Å². The first-order valence-electron chi connectivity index (χ1n) is 8.90. The molecule has 0 unspecified atom stereocenters. The average molecular weight is 361 g/mol. The third kappa shape index (κ3) is 3.48. The number of aryl methyl sites for hydroxylation is 1. The quantitative estimate of drug-likeness (QED) is 0.696. The Kier molecular flexibility index (Phi) is 4.50. The number of benzene rings is 1. The van der Waals surface area contributed by atoms with E-state index < -0.39 is 0 Å². The van der Waals surface area contributed by atoms with Gasteiger partial charge in [-0.1, -0.05) is 30.3 Å². The summed E-state index contributed by atoms with van der Waals surface area (Å²) >= 11 is 0. The van der Waals surface area contributed by atoms with Crippen LogP contribution in [-0.2, 0) is 6.42 Å². The van der Waals surface area contributed by atoms with Crippen LogP contribution in [0.5, 0.6) is 0 Å². The Bertz CT molecular complexity index is 997. The summed E-state index contributed by atoms with van der Waals surface area (Å²) in [5.41, 5.74) is 3.41. The third-order valence-electron chi connectivity index (χ3n) is 4.70. The molecule has 2 aromatic heterocycles. The van der Waals surface area contributed by atoms with E-state index in [1.54, 1.807) is 0 Å². The highest BCUT2D eigenvalue weighted by molar-refractivity contribution is 5.97. The fraction of sp³-hybridized carbons (Fsp3) is 0.250. The number of hydrogen-bond donors (Lipinski definition) is 2. The van der Waals surface area contributed by atoms with Crippen LogP contribution in [0.3, 0.4) is 0 Å². The van der Waals surface area contributed by atoms with Gasteiger partial charge in [0.1, 0.15) is 11.4 Å². The number of carbonyl (C=O) groups is 2. The number of amides is 1. The lowest BCUT2D eigenvalue weighted by atomic mass is 9.92. The normalized spacial score (nSPS) is 15.8. The van der Waals surface area contributed by atoms with Gasteiger partial charge in [-0.15, -0.1) is 0 Å². The predicted octanol–water partition coefficient (Wildman–Crippen LogP) is 2.88. The van der Waals surface area contributed by atoms with Crippen LogP contribution in [0.1, 0.15) is 58.0 Å². The molecule has 2 N–H and O–H groups in total. The van der Waals surface area contributed by atoms with E-state index in [1.807, 2.05) is 36.5 Å². The summed E-state index contributed by atoms with van der Waals surface area (Å²) in [4.78, 5) is 33.1. The van der Waals surface area contributed by atoms with Crippen molar-refractivity contribution in [1.29, 1.82) is 0 Å². The van der Waals surface area contributed by atoms with Gasteiger partial charge in [0.05, 0.1) is 6.04 Å². The van der Waals surface area contributed by atoms with E-state index in [2.05, 4.69) is 20.5 Å². The molecule has 1 amide bonds. The Hall–Kier alpha value is -3.35. The maximum atomic E-state index is 12.5. The minimum absolute atomic E-state index is 0.157. The molecule has 0 bridgehead atoms. The van der Waals surface area contributed by atoms with Crippen molar-refractivity contribution in [1.82, 2.24) is 25.5 Å². The first-order valence-corrected chi connectivity index (χ1v) is 8.90. The van der Waals surface area contributed by atoms with Crippen molar-refractivity contribution in [2.45, 2.75) is 32.2 Å². The van der Waals surface area contributed by atoms with Crippen molar-refractivity contribution < 1.29 is 9.59 Å². The molecule has 1 aliphatic carbocycles. The molecule has 0 radical (unpaired) electrons. The third-order valence-corrected chi connectivity index (χ3v) is 4.70. The van der Waals surface area contributed by atoms with E-state index in [0.29, 0.717) is 5.82 Å². The fourth-order valence-corrected chi connectivity index (χ4v) is 3.28. The molecule has 136 valence electrons. The van der Waals surface area contributed by atoms with E-state index >= 15 is 0 Å². The standard InChI is InChI=1S/C20H19N5O2/c1-12(26)17-10-18(25-24-17)20(27)23-16-9-5-8-15-14(16)11-21-19(22-15)13-6-3-2-4-7-13/h2-4,6-7,10-11,16H,5,8-9H2,1H3,(H,23,27)(H,24,25)/t16-/m0/s1. The first kappa shape index (κ1) is 17.1. The molecule has 3 aromatic rings. The molecule has 0 saturated heterocycles. The number of hydrogen-bond acceptors (Lipinski definition) is 5. The summed E-state index contributed by atoms with van der Waals surface area (Å²) in [7, 11) is 0. The minimum Gasteiger partial charge on any atom is -0.344 e. The molecule has 1 aromatic carbocycles. The number of fused-ring (bicyclic) bond motifs is 1. The number of H-pyrrole nitrogens is 1. The molecule has 0 aliphatic heterocycles. The molecule has 7 nitrogen and oxygen atoms in total. The van der Waals surface area contributed by atoms with Crippen LogP contribution in [-0.4, -0.2) is 31.9 Å². The van der Waals surface area contributed by atoms with Crippen molar-refractivity contribution in [2.75, 3.05) is 0 Å². The number of nitrogens with zero attached hydrogens (tertiary/aromatic N) is 3. The average Bonchev–Trinajstić information content (AvgIpc) is 3.19. The Balaban J connectivity index is 1.56. The highest BCUT2D eigenvalue weighted by Crippen LogP contribution is 2.29. The molecule has 0 saturated carbocycles. The topological polar surface area (TPSA) is 101 Å². The number of Topliss-reactive ketones (excluding diaryl/α,β-unsaturated/α-hetero) is 1. The molecule has 2 heterocycles. The van der Waals surface area contributed by atoms with Crippen LogP contribution < -0.4 is 5.32 Å². The van der Waals surface area contributed by atoms with Gasteiger partial charge < -0.3 is 5.32 Å². The van der Waals surface area contributed by atoms with Crippen molar-refractivity contribution in [2.24, 2.45) is 0 Å². The van der Waals surface area contributed by atoms with Crippen molar-refractivity contribution in [3.63, 3.8) is 0 Å². The summed E-state index contributed by atoms with van der Waals surface area (Å²) in [6.07, 6.45) is 4.43. The number of nitrogens with one attached hydrogen (secondary N) is 2. The van der Waals surface area contributed by atoms with Gasteiger partial charge >= 0.3 is 0 Å². The molecular weight excluding hydrogens is 342 g/mol. The SMILES string of the molecule is CC(=O)c1cc(C(=O)N[C@H]2CCCc3nc(-c4ccccc4)ncc32)[nH]n1. The first-order chi connectivity index (χ1) is 13.1. The summed E-state index contributed by atoms with van der Waals surface area (Å²) in [6, 6.07) is 11.2. The number of aromatic amines is 1. The Morgan fingerprint density at radius 1 is 1.22 bits per heavy atom. The molecule has 7 heteroatoms. The Morgan fingerprint density at radius 3 is 2.78 bits per heavy atom. The lowest BCUT2D eigenvalue weighted by Crippen LogP contribution is -2.31. The second-order valence-electron chi connectivity index (χ2n) is 6.60. The smallest absolute Gasteiger partial charge is 0.269 e. The van der Waals surface area contributed by atoms with Crippen molar-refractivity contribution in [3.8, 4) is 11.4 Å². The number of rotatable bonds is 4. The maximum absolute atomic E-state index is 12.5. The molecule has 1 aliphatic rings. The molecule has 27 heavy (non-hydrogen) atoms. The zero-order valence-electron chi connectivity index (χ0n) is 14.9. The lowest BCUT2D eigenvalue weighted by Gasteiger charge is -2.25.